The summed E-state index contributed by atoms with van der Waals surface area (Å²) in [5, 5.41) is 3.96. The van der Waals surface area contributed by atoms with Crippen LogP contribution in [0.4, 0.5) is 0 Å². The first-order chi connectivity index (χ1) is 7.52. The van der Waals surface area contributed by atoms with Gasteiger partial charge in [0.1, 0.15) is 0 Å². The molecule has 0 aliphatic heterocycles. The average Bonchev–Trinajstić information content (AvgIpc) is 2.64. The molecule has 1 aromatic heterocycles. The molecule has 16 heavy (non-hydrogen) atoms. The molecule has 4 nitrogen and oxygen atoms in total. The summed E-state index contributed by atoms with van der Waals surface area (Å²) in [6, 6.07) is 0. The van der Waals surface area contributed by atoms with Gasteiger partial charge >= 0.3 is 0 Å². The molecule has 92 valence electrons. The van der Waals surface area contributed by atoms with E-state index in [2.05, 4.69) is 37.8 Å². The van der Waals surface area contributed by atoms with Gasteiger partial charge in [0.15, 0.2) is 5.82 Å². The number of rotatable bonds is 6. The van der Waals surface area contributed by atoms with Crippen LogP contribution in [0.2, 0.25) is 0 Å². The van der Waals surface area contributed by atoms with Crippen molar-refractivity contribution in [3.8, 4) is 0 Å². The van der Waals surface area contributed by atoms with Crippen LogP contribution < -0.4 is 5.73 Å². The van der Waals surface area contributed by atoms with Crippen LogP contribution in [0.1, 0.15) is 51.7 Å². The summed E-state index contributed by atoms with van der Waals surface area (Å²) >= 11 is 0. The first kappa shape index (κ1) is 13.2. The van der Waals surface area contributed by atoms with Gasteiger partial charge in [-0.2, -0.15) is 4.98 Å². The molecule has 0 aromatic carbocycles. The molecule has 1 atom stereocenters. The molecule has 0 aliphatic carbocycles. The zero-order valence-corrected chi connectivity index (χ0v) is 10.7. The number of hydrogen-bond donors (Lipinski definition) is 1. The highest BCUT2D eigenvalue weighted by Crippen LogP contribution is 2.17. The molecule has 0 radical (unpaired) electrons. The smallest absolute Gasteiger partial charge is 0.226 e. The lowest BCUT2D eigenvalue weighted by Gasteiger charge is -2.14. The van der Waals surface area contributed by atoms with Gasteiger partial charge in [0.2, 0.25) is 5.89 Å². The molecule has 4 heteroatoms. The van der Waals surface area contributed by atoms with Crippen LogP contribution in [0.5, 0.6) is 0 Å². The molecule has 0 saturated carbocycles. The van der Waals surface area contributed by atoms with Crippen molar-refractivity contribution in [1.82, 2.24) is 10.1 Å². The lowest BCUT2D eigenvalue weighted by molar-refractivity contribution is 0.329. The number of nitrogens with two attached hydrogens (primary N) is 1. The molecular formula is C12H23N3O. The summed E-state index contributed by atoms with van der Waals surface area (Å²) in [7, 11) is 0. The summed E-state index contributed by atoms with van der Waals surface area (Å²) in [5.41, 5.74) is 5.75. The summed E-state index contributed by atoms with van der Waals surface area (Å²) < 4.78 is 5.22. The highest BCUT2D eigenvalue weighted by molar-refractivity contribution is 4.92. The molecule has 0 amide bonds. The molecule has 1 rings (SSSR count). The summed E-state index contributed by atoms with van der Waals surface area (Å²) in [6.45, 7) is 9.20. The van der Waals surface area contributed by atoms with E-state index in [1.54, 1.807) is 0 Å². The van der Waals surface area contributed by atoms with Gasteiger partial charge in [-0.25, -0.2) is 0 Å². The predicted octanol–water partition coefficient (Wildman–Crippen LogP) is 2.36. The molecule has 0 bridgehead atoms. The van der Waals surface area contributed by atoms with E-state index < -0.39 is 0 Å². The fraction of sp³-hybridized carbons (Fsp3) is 0.833. The minimum absolute atomic E-state index is 0.318. The van der Waals surface area contributed by atoms with Crippen molar-refractivity contribution in [2.24, 2.45) is 17.6 Å². The van der Waals surface area contributed by atoms with Crippen molar-refractivity contribution >= 4 is 0 Å². The molecule has 1 aromatic rings. The second kappa shape index (κ2) is 5.99. The average molecular weight is 225 g/mol. The van der Waals surface area contributed by atoms with Gasteiger partial charge in [0.05, 0.1) is 0 Å². The topological polar surface area (TPSA) is 64.9 Å². The van der Waals surface area contributed by atoms with E-state index in [1.165, 1.54) is 0 Å². The Morgan fingerprint density at radius 1 is 1.25 bits per heavy atom. The van der Waals surface area contributed by atoms with Gasteiger partial charge in [-0.1, -0.05) is 32.9 Å². The van der Waals surface area contributed by atoms with E-state index in [-0.39, 0.29) is 0 Å². The fourth-order valence-electron chi connectivity index (χ4n) is 1.76. The standard InChI is InChI=1S/C12H23N3O/c1-8(2)5-10(7-13)6-11-14-12(9(3)4)15-16-11/h8-10H,5-7,13H2,1-4H3/t10-/m0/s1. The Balaban J connectivity index is 2.56. The van der Waals surface area contributed by atoms with Crippen molar-refractivity contribution in [3.05, 3.63) is 11.7 Å². The Morgan fingerprint density at radius 2 is 1.94 bits per heavy atom. The summed E-state index contributed by atoms with van der Waals surface area (Å²) in [6.07, 6.45) is 1.91. The maximum Gasteiger partial charge on any atom is 0.226 e. The normalized spacial score (nSPS) is 13.7. The van der Waals surface area contributed by atoms with E-state index in [1.807, 2.05) is 0 Å². The van der Waals surface area contributed by atoms with E-state index >= 15 is 0 Å². The van der Waals surface area contributed by atoms with Gasteiger partial charge in [-0.3, -0.25) is 0 Å². The maximum absolute atomic E-state index is 5.75. The highest BCUT2D eigenvalue weighted by Gasteiger charge is 2.15. The number of aromatic nitrogens is 2. The van der Waals surface area contributed by atoms with E-state index in [4.69, 9.17) is 10.3 Å². The predicted molar refractivity (Wildman–Crippen MR) is 64.1 cm³/mol. The first-order valence-corrected chi connectivity index (χ1v) is 6.05. The Labute approximate surface area is 97.6 Å². The van der Waals surface area contributed by atoms with Gasteiger partial charge in [0.25, 0.3) is 0 Å². The molecule has 0 aliphatic rings. The lowest BCUT2D eigenvalue weighted by Crippen LogP contribution is -2.19. The third kappa shape index (κ3) is 3.93. The van der Waals surface area contributed by atoms with Crippen molar-refractivity contribution in [2.75, 3.05) is 6.54 Å². The van der Waals surface area contributed by atoms with E-state index in [9.17, 15) is 0 Å². The largest absolute Gasteiger partial charge is 0.339 e. The summed E-state index contributed by atoms with van der Waals surface area (Å²) in [4.78, 5) is 4.37. The molecule has 2 N–H and O–H groups in total. The quantitative estimate of drug-likeness (QED) is 0.807. The Morgan fingerprint density at radius 3 is 2.38 bits per heavy atom. The fourth-order valence-corrected chi connectivity index (χ4v) is 1.76. The Kier molecular flexibility index (Phi) is 4.93. The van der Waals surface area contributed by atoms with Crippen molar-refractivity contribution in [1.29, 1.82) is 0 Å². The molecule has 1 heterocycles. The summed E-state index contributed by atoms with van der Waals surface area (Å²) in [5.74, 6) is 2.93. The van der Waals surface area contributed by atoms with Gasteiger partial charge in [-0.05, 0) is 24.8 Å². The minimum atomic E-state index is 0.318. The molecule has 0 unspecified atom stereocenters. The Bertz CT molecular complexity index is 307. The van der Waals surface area contributed by atoms with Crippen LogP contribution in [-0.2, 0) is 6.42 Å². The minimum Gasteiger partial charge on any atom is -0.339 e. The molecule has 0 fully saturated rings. The van der Waals surface area contributed by atoms with Gasteiger partial charge < -0.3 is 10.3 Å². The second-order valence-corrected chi connectivity index (χ2v) is 5.14. The lowest BCUT2D eigenvalue weighted by atomic mass is 9.94. The number of hydrogen-bond acceptors (Lipinski definition) is 4. The van der Waals surface area contributed by atoms with Crippen LogP contribution in [0, 0.1) is 11.8 Å². The van der Waals surface area contributed by atoms with Crippen LogP contribution >= 0.6 is 0 Å². The zero-order valence-electron chi connectivity index (χ0n) is 10.7. The molecule has 0 spiro atoms. The van der Waals surface area contributed by atoms with Crippen molar-refractivity contribution in [2.45, 2.75) is 46.5 Å². The monoisotopic (exact) mass is 225 g/mol. The van der Waals surface area contributed by atoms with Crippen LogP contribution in [0.3, 0.4) is 0 Å². The third-order valence-corrected chi connectivity index (χ3v) is 2.60. The third-order valence-electron chi connectivity index (χ3n) is 2.60. The van der Waals surface area contributed by atoms with Gasteiger partial charge in [0, 0.05) is 12.3 Å². The highest BCUT2D eigenvalue weighted by atomic mass is 16.5. The van der Waals surface area contributed by atoms with Crippen LogP contribution in [0.25, 0.3) is 0 Å². The maximum atomic E-state index is 5.75. The Hall–Kier alpha value is -0.900. The second-order valence-electron chi connectivity index (χ2n) is 5.14. The molecular weight excluding hydrogens is 202 g/mol. The van der Waals surface area contributed by atoms with E-state index in [0.29, 0.717) is 24.3 Å². The van der Waals surface area contributed by atoms with Crippen LogP contribution in [0.15, 0.2) is 4.52 Å². The van der Waals surface area contributed by atoms with Crippen LogP contribution in [-0.4, -0.2) is 16.7 Å². The first-order valence-electron chi connectivity index (χ1n) is 6.05. The zero-order chi connectivity index (χ0) is 12.1. The SMILES string of the molecule is CC(C)C[C@H](CN)Cc1nc(C(C)C)no1. The van der Waals surface area contributed by atoms with Gasteiger partial charge in [-0.15, -0.1) is 0 Å². The van der Waals surface area contributed by atoms with Crippen molar-refractivity contribution < 1.29 is 4.52 Å². The molecule has 0 saturated heterocycles. The van der Waals surface area contributed by atoms with Crippen molar-refractivity contribution in [3.63, 3.8) is 0 Å². The van der Waals surface area contributed by atoms with E-state index in [0.717, 1.165) is 24.6 Å². The number of nitrogens with zero attached hydrogens (tertiary/aromatic N) is 2.